The number of methoxy groups -OCH3 is 1. The van der Waals surface area contributed by atoms with Gasteiger partial charge in [-0.3, -0.25) is 4.68 Å². The molecule has 94 valence electrons. The number of rotatable bonds is 3. The van der Waals surface area contributed by atoms with Crippen LogP contribution in [-0.4, -0.2) is 28.0 Å². The second kappa shape index (κ2) is 4.81. The van der Waals surface area contributed by atoms with E-state index >= 15 is 0 Å². The van der Waals surface area contributed by atoms with Crippen LogP contribution in [0.15, 0.2) is 28.9 Å². The van der Waals surface area contributed by atoms with Crippen LogP contribution in [0.25, 0.3) is 11.3 Å². The van der Waals surface area contributed by atoms with Gasteiger partial charge in [-0.15, -0.1) is 0 Å². The van der Waals surface area contributed by atoms with Crippen molar-refractivity contribution in [3.63, 3.8) is 0 Å². The fraction of sp³-hybridized carbons (Fsp3) is 0.167. The molecule has 1 N–H and O–H groups in total. The molecule has 0 spiro atoms. The molecule has 0 radical (unpaired) electrons. The third-order valence-electron chi connectivity index (χ3n) is 2.48. The Hall–Kier alpha value is -1.82. The Kier molecular flexibility index (Phi) is 3.38. The van der Waals surface area contributed by atoms with Crippen molar-refractivity contribution in [1.29, 1.82) is 0 Å². The third kappa shape index (κ3) is 2.24. The van der Waals surface area contributed by atoms with Crippen LogP contribution in [0.1, 0.15) is 10.4 Å². The van der Waals surface area contributed by atoms with E-state index in [4.69, 9.17) is 9.84 Å². The molecule has 18 heavy (non-hydrogen) atoms. The quantitative estimate of drug-likeness (QED) is 0.946. The fourth-order valence-electron chi connectivity index (χ4n) is 1.71. The molecule has 1 aromatic carbocycles. The number of hydrogen-bond donors (Lipinski definition) is 1. The van der Waals surface area contributed by atoms with E-state index in [0.29, 0.717) is 17.0 Å². The van der Waals surface area contributed by atoms with Gasteiger partial charge in [-0.2, -0.15) is 5.10 Å². The number of benzene rings is 1. The smallest absolute Gasteiger partial charge is 0.339 e. The average molecular weight is 311 g/mol. The number of carbonyl (C=O) groups is 1. The average Bonchev–Trinajstić information content (AvgIpc) is 2.71. The highest BCUT2D eigenvalue weighted by Gasteiger charge is 2.19. The van der Waals surface area contributed by atoms with Gasteiger partial charge in [-0.05, 0) is 18.2 Å². The first-order chi connectivity index (χ1) is 8.52. The monoisotopic (exact) mass is 310 g/mol. The van der Waals surface area contributed by atoms with E-state index in [1.165, 1.54) is 18.0 Å². The topological polar surface area (TPSA) is 64.4 Å². The Labute approximate surface area is 112 Å². The zero-order chi connectivity index (χ0) is 13.3. The molecule has 0 aliphatic heterocycles. The van der Waals surface area contributed by atoms with Crippen molar-refractivity contribution in [3.05, 3.63) is 34.4 Å². The summed E-state index contributed by atoms with van der Waals surface area (Å²) >= 11 is 3.35. The molecule has 0 amide bonds. The van der Waals surface area contributed by atoms with Gasteiger partial charge in [0.2, 0.25) is 0 Å². The van der Waals surface area contributed by atoms with Gasteiger partial charge in [-0.1, -0.05) is 15.9 Å². The van der Waals surface area contributed by atoms with E-state index in [0.717, 1.165) is 4.47 Å². The maximum Gasteiger partial charge on any atom is 0.339 e. The lowest BCUT2D eigenvalue weighted by Crippen LogP contribution is -1.98. The predicted octanol–water partition coefficient (Wildman–Crippen LogP) is 2.56. The molecule has 0 aliphatic carbocycles. The zero-order valence-corrected chi connectivity index (χ0v) is 11.4. The number of nitrogens with zero attached hydrogens (tertiary/aromatic N) is 2. The van der Waals surface area contributed by atoms with Gasteiger partial charge in [0.1, 0.15) is 17.0 Å². The summed E-state index contributed by atoms with van der Waals surface area (Å²) in [6, 6.07) is 5.37. The number of aromatic carboxylic acids is 1. The molecule has 0 saturated carbocycles. The number of ether oxygens (including phenoxy) is 1. The number of aryl methyl sites for hydroxylation is 1. The molecule has 0 saturated heterocycles. The standard InChI is InChI=1S/C12H11BrN2O3/c1-15-6-9(12(16)17)11(14-15)8-5-7(13)3-4-10(8)18-2/h3-6H,1-2H3,(H,16,17). The van der Waals surface area contributed by atoms with E-state index in [2.05, 4.69) is 21.0 Å². The number of carboxylic acids is 1. The first kappa shape index (κ1) is 12.6. The fourth-order valence-corrected chi connectivity index (χ4v) is 2.07. The number of carboxylic acid groups (broad SMARTS) is 1. The highest BCUT2D eigenvalue weighted by Crippen LogP contribution is 2.33. The lowest BCUT2D eigenvalue weighted by Gasteiger charge is -2.07. The Morgan fingerprint density at radius 3 is 2.83 bits per heavy atom. The third-order valence-corrected chi connectivity index (χ3v) is 2.97. The van der Waals surface area contributed by atoms with E-state index in [1.54, 1.807) is 19.2 Å². The van der Waals surface area contributed by atoms with Crippen LogP contribution in [0.3, 0.4) is 0 Å². The van der Waals surface area contributed by atoms with Gasteiger partial charge in [-0.25, -0.2) is 4.79 Å². The molecular formula is C12H11BrN2O3. The molecular weight excluding hydrogens is 300 g/mol. The first-order valence-electron chi connectivity index (χ1n) is 5.13. The Morgan fingerprint density at radius 2 is 2.22 bits per heavy atom. The van der Waals surface area contributed by atoms with Gasteiger partial charge in [0.15, 0.2) is 0 Å². The normalized spacial score (nSPS) is 10.4. The lowest BCUT2D eigenvalue weighted by molar-refractivity contribution is 0.0697. The van der Waals surface area contributed by atoms with Gasteiger partial charge in [0.25, 0.3) is 0 Å². The minimum absolute atomic E-state index is 0.147. The van der Waals surface area contributed by atoms with Crippen molar-refractivity contribution in [2.24, 2.45) is 7.05 Å². The van der Waals surface area contributed by atoms with Crippen LogP contribution < -0.4 is 4.74 Å². The summed E-state index contributed by atoms with van der Waals surface area (Å²) in [5, 5.41) is 13.4. The van der Waals surface area contributed by atoms with Crippen LogP contribution in [-0.2, 0) is 7.05 Å². The highest BCUT2D eigenvalue weighted by molar-refractivity contribution is 9.10. The molecule has 1 aromatic heterocycles. The van der Waals surface area contributed by atoms with Crippen molar-refractivity contribution in [3.8, 4) is 17.0 Å². The maximum atomic E-state index is 11.2. The molecule has 2 rings (SSSR count). The number of halogens is 1. The first-order valence-corrected chi connectivity index (χ1v) is 5.93. The Morgan fingerprint density at radius 1 is 1.50 bits per heavy atom. The van der Waals surface area contributed by atoms with Gasteiger partial charge in [0.05, 0.1) is 7.11 Å². The summed E-state index contributed by atoms with van der Waals surface area (Å²) in [6.45, 7) is 0. The van der Waals surface area contributed by atoms with Crippen molar-refractivity contribution in [1.82, 2.24) is 9.78 Å². The number of hydrogen-bond acceptors (Lipinski definition) is 3. The predicted molar refractivity (Wildman–Crippen MR) is 69.9 cm³/mol. The minimum Gasteiger partial charge on any atom is -0.496 e. The number of aromatic nitrogens is 2. The molecule has 0 unspecified atom stereocenters. The van der Waals surface area contributed by atoms with Crippen LogP contribution in [0.4, 0.5) is 0 Å². The van der Waals surface area contributed by atoms with Crippen LogP contribution in [0.5, 0.6) is 5.75 Å². The van der Waals surface area contributed by atoms with E-state index in [-0.39, 0.29) is 5.56 Å². The molecule has 0 fully saturated rings. The molecule has 1 heterocycles. The second-order valence-corrected chi connectivity index (χ2v) is 4.63. The van der Waals surface area contributed by atoms with Gasteiger partial charge in [0, 0.05) is 23.3 Å². The molecule has 2 aromatic rings. The van der Waals surface area contributed by atoms with E-state index in [9.17, 15) is 4.79 Å². The summed E-state index contributed by atoms with van der Waals surface area (Å²) < 4.78 is 7.54. The van der Waals surface area contributed by atoms with Crippen molar-refractivity contribution in [2.75, 3.05) is 7.11 Å². The zero-order valence-electron chi connectivity index (χ0n) is 9.85. The van der Waals surface area contributed by atoms with Crippen LogP contribution in [0.2, 0.25) is 0 Å². The van der Waals surface area contributed by atoms with Crippen LogP contribution in [0, 0.1) is 0 Å². The lowest BCUT2D eigenvalue weighted by atomic mass is 10.1. The molecule has 0 bridgehead atoms. The molecule has 5 nitrogen and oxygen atoms in total. The van der Waals surface area contributed by atoms with Gasteiger partial charge >= 0.3 is 5.97 Å². The Bertz CT molecular complexity index is 607. The van der Waals surface area contributed by atoms with Crippen molar-refractivity contribution < 1.29 is 14.6 Å². The van der Waals surface area contributed by atoms with E-state index < -0.39 is 5.97 Å². The summed E-state index contributed by atoms with van der Waals surface area (Å²) in [7, 11) is 3.22. The summed E-state index contributed by atoms with van der Waals surface area (Å²) in [6.07, 6.45) is 1.47. The second-order valence-electron chi connectivity index (χ2n) is 3.71. The minimum atomic E-state index is -1.01. The SMILES string of the molecule is COc1ccc(Br)cc1-c1nn(C)cc1C(=O)O. The largest absolute Gasteiger partial charge is 0.496 e. The molecule has 0 atom stereocenters. The van der Waals surface area contributed by atoms with Crippen molar-refractivity contribution >= 4 is 21.9 Å². The summed E-state index contributed by atoms with van der Waals surface area (Å²) in [4.78, 5) is 11.2. The van der Waals surface area contributed by atoms with E-state index in [1.807, 2.05) is 6.07 Å². The molecule has 6 heteroatoms. The van der Waals surface area contributed by atoms with Gasteiger partial charge < -0.3 is 9.84 Å². The molecule has 0 aliphatic rings. The summed E-state index contributed by atoms with van der Waals surface area (Å²) in [5.74, 6) is -0.431. The van der Waals surface area contributed by atoms with Crippen molar-refractivity contribution in [2.45, 2.75) is 0 Å². The Balaban J connectivity index is 2.68. The highest BCUT2D eigenvalue weighted by atomic mass is 79.9. The summed E-state index contributed by atoms with van der Waals surface area (Å²) in [5.41, 5.74) is 1.18. The maximum absolute atomic E-state index is 11.2. The van der Waals surface area contributed by atoms with Crippen LogP contribution >= 0.6 is 15.9 Å².